The molecular weight excluding hydrogens is 1050 g/mol. The van der Waals surface area contributed by atoms with Crippen LogP contribution in [0.4, 0.5) is 34.1 Å². The summed E-state index contributed by atoms with van der Waals surface area (Å²) < 4.78 is 0. The van der Waals surface area contributed by atoms with Crippen LogP contribution in [0.2, 0.25) is 0 Å². The molecule has 0 heterocycles. The van der Waals surface area contributed by atoms with Crippen LogP contribution in [-0.2, 0) is 16.2 Å². The monoisotopic (exact) mass is 1110 g/mol. The number of hydrogen-bond acceptors (Lipinski definition) is 2. The lowest BCUT2D eigenvalue weighted by atomic mass is 9.70. The van der Waals surface area contributed by atoms with Gasteiger partial charge in [0, 0.05) is 44.7 Å². The molecule has 0 fully saturated rings. The fourth-order valence-corrected chi connectivity index (χ4v) is 16.0. The summed E-state index contributed by atoms with van der Waals surface area (Å²) in [4.78, 5) is 5.11. The van der Waals surface area contributed by atoms with E-state index in [1.807, 2.05) is 0 Å². The highest BCUT2D eigenvalue weighted by molar-refractivity contribution is 6.03. The van der Waals surface area contributed by atoms with Gasteiger partial charge in [-0.1, -0.05) is 276 Å². The predicted molar refractivity (Wildman–Crippen MR) is 364 cm³/mol. The third-order valence-electron chi connectivity index (χ3n) is 19.9. The van der Waals surface area contributed by atoms with Gasteiger partial charge in [-0.25, -0.2) is 0 Å². The van der Waals surface area contributed by atoms with Crippen LogP contribution in [0.5, 0.6) is 0 Å². The molecule has 0 amide bonds. The first-order valence-electron chi connectivity index (χ1n) is 30.7. The van der Waals surface area contributed by atoms with Gasteiger partial charge in [0.1, 0.15) is 0 Å². The van der Waals surface area contributed by atoms with Crippen molar-refractivity contribution >= 4 is 34.1 Å². The highest BCUT2D eigenvalue weighted by Crippen LogP contribution is 2.65. The Morgan fingerprint density at radius 1 is 0.207 bits per heavy atom. The smallest absolute Gasteiger partial charge is 0.0725 e. The molecule has 0 bridgehead atoms. The van der Waals surface area contributed by atoms with Crippen molar-refractivity contribution in [2.45, 2.75) is 43.9 Å². The van der Waals surface area contributed by atoms with Gasteiger partial charge in [0.15, 0.2) is 0 Å². The summed E-state index contributed by atoms with van der Waals surface area (Å²) in [5.41, 5.74) is 33.4. The fourth-order valence-electron chi connectivity index (χ4n) is 16.0. The molecule has 13 aromatic carbocycles. The predicted octanol–water partition coefficient (Wildman–Crippen LogP) is 22.6. The minimum absolute atomic E-state index is 0.232. The number of para-hydroxylation sites is 2. The molecule has 87 heavy (non-hydrogen) atoms. The van der Waals surface area contributed by atoms with Crippen LogP contribution < -0.4 is 9.80 Å². The van der Waals surface area contributed by atoms with Gasteiger partial charge >= 0.3 is 0 Å². The average molecular weight is 1110 g/mol. The number of rotatable bonds is 9. The first-order chi connectivity index (χ1) is 42.7. The molecule has 2 nitrogen and oxygen atoms in total. The molecule has 0 unspecified atom stereocenters. The van der Waals surface area contributed by atoms with Crippen LogP contribution >= 0.6 is 0 Å². The molecule has 0 atom stereocenters. The van der Waals surface area contributed by atoms with E-state index in [2.05, 4.69) is 341 Å². The van der Waals surface area contributed by atoms with Crippen molar-refractivity contribution in [1.82, 2.24) is 0 Å². The second-order valence-electron chi connectivity index (χ2n) is 25.1. The average Bonchev–Trinajstić information content (AvgIpc) is 1.53. The van der Waals surface area contributed by atoms with Crippen molar-refractivity contribution in [3.8, 4) is 77.9 Å². The maximum Gasteiger partial charge on any atom is 0.0725 e. The maximum absolute atomic E-state index is 2.56. The minimum Gasteiger partial charge on any atom is -0.310 e. The molecule has 13 aromatic rings. The summed E-state index contributed by atoms with van der Waals surface area (Å²) in [5, 5.41) is 0. The zero-order valence-corrected chi connectivity index (χ0v) is 49.3. The lowest BCUT2D eigenvalue weighted by Gasteiger charge is -2.33. The van der Waals surface area contributed by atoms with Crippen molar-refractivity contribution in [3.63, 3.8) is 0 Å². The summed E-state index contributed by atoms with van der Waals surface area (Å²) in [6.07, 6.45) is 0. The van der Waals surface area contributed by atoms with Gasteiger partial charge in [0.05, 0.1) is 16.8 Å². The van der Waals surface area contributed by atoms with E-state index in [1.165, 1.54) is 94.6 Å². The Kier molecular flexibility index (Phi) is 11.3. The van der Waals surface area contributed by atoms with E-state index in [4.69, 9.17) is 0 Å². The normalized spacial score (nSPS) is 14.3. The summed E-state index contributed by atoms with van der Waals surface area (Å²) in [6, 6.07) is 114. The molecule has 0 saturated heterocycles. The number of anilines is 6. The Balaban J connectivity index is 0.987. The number of hydrogen-bond donors (Lipinski definition) is 0. The Hall–Kier alpha value is -10.5. The van der Waals surface area contributed by atoms with Crippen LogP contribution in [0.1, 0.15) is 72.2 Å². The molecule has 0 radical (unpaired) electrons. The second-order valence-corrected chi connectivity index (χ2v) is 25.1. The van der Waals surface area contributed by atoms with Gasteiger partial charge in [-0.05, 0) is 166 Å². The summed E-state index contributed by atoms with van der Waals surface area (Å²) in [7, 11) is 0. The molecule has 0 N–H and O–H groups in total. The van der Waals surface area contributed by atoms with Gasteiger partial charge in [-0.3, -0.25) is 0 Å². The van der Waals surface area contributed by atoms with Crippen LogP contribution in [0.3, 0.4) is 0 Å². The highest BCUT2D eigenvalue weighted by Gasteiger charge is 2.52. The van der Waals surface area contributed by atoms with Gasteiger partial charge in [-0.2, -0.15) is 0 Å². The zero-order valence-electron chi connectivity index (χ0n) is 49.3. The first kappa shape index (κ1) is 50.9. The number of fused-ring (bicyclic) bond motifs is 16. The summed E-state index contributed by atoms with van der Waals surface area (Å²) >= 11 is 0. The molecule has 0 saturated carbocycles. The molecule has 17 rings (SSSR count). The minimum atomic E-state index is -0.513. The van der Waals surface area contributed by atoms with Crippen LogP contribution in [0, 0.1) is 0 Å². The van der Waals surface area contributed by atoms with Gasteiger partial charge in [-0.15, -0.1) is 0 Å². The zero-order chi connectivity index (χ0) is 58.2. The molecule has 2 heteroatoms. The van der Waals surface area contributed by atoms with E-state index in [1.54, 1.807) is 0 Å². The van der Waals surface area contributed by atoms with Crippen molar-refractivity contribution in [1.29, 1.82) is 0 Å². The van der Waals surface area contributed by atoms with Gasteiger partial charge < -0.3 is 9.80 Å². The van der Waals surface area contributed by atoms with Gasteiger partial charge in [0.2, 0.25) is 0 Å². The van der Waals surface area contributed by atoms with Crippen LogP contribution in [0.25, 0.3) is 77.9 Å². The van der Waals surface area contributed by atoms with E-state index < -0.39 is 5.41 Å². The van der Waals surface area contributed by atoms with Crippen molar-refractivity contribution in [2.24, 2.45) is 0 Å². The van der Waals surface area contributed by atoms with Gasteiger partial charge in [0.25, 0.3) is 0 Å². The van der Waals surface area contributed by atoms with Crippen molar-refractivity contribution < 1.29 is 0 Å². The number of nitrogens with zero attached hydrogens (tertiary/aromatic N) is 2. The summed E-state index contributed by atoms with van der Waals surface area (Å²) in [6.45, 7) is 9.57. The van der Waals surface area contributed by atoms with Crippen LogP contribution in [-0.4, -0.2) is 0 Å². The molecule has 412 valence electrons. The van der Waals surface area contributed by atoms with Crippen molar-refractivity contribution in [2.75, 3.05) is 9.80 Å². The van der Waals surface area contributed by atoms with E-state index in [0.29, 0.717) is 0 Å². The molecule has 4 aliphatic carbocycles. The Morgan fingerprint density at radius 2 is 0.540 bits per heavy atom. The largest absolute Gasteiger partial charge is 0.310 e. The van der Waals surface area contributed by atoms with Crippen molar-refractivity contribution in [3.05, 3.63) is 348 Å². The molecule has 1 spiro atoms. The summed E-state index contributed by atoms with van der Waals surface area (Å²) in [5.74, 6) is 0. The Labute approximate surface area is 510 Å². The fraction of sp³-hybridized carbons (Fsp3) is 0.0824. The first-order valence-corrected chi connectivity index (χ1v) is 30.7. The third kappa shape index (κ3) is 7.41. The topological polar surface area (TPSA) is 6.48 Å². The molecule has 4 aliphatic rings. The maximum atomic E-state index is 2.56. The Bertz CT molecular complexity index is 4690. The van der Waals surface area contributed by atoms with Crippen LogP contribution in [0.15, 0.2) is 303 Å². The molecule has 0 aromatic heterocycles. The van der Waals surface area contributed by atoms with E-state index in [-0.39, 0.29) is 10.8 Å². The molecule has 0 aliphatic heterocycles. The second kappa shape index (κ2) is 19.2. The highest BCUT2D eigenvalue weighted by atomic mass is 15.2. The third-order valence-corrected chi connectivity index (χ3v) is 19.9. The lowest BCUT2D eigenvalue weighted by Crippen LogP contribution is -2.25. The van der Waals surface area contributed by atoms with E-state index in [9.17, 15) is 0 Å². The quantitative estimate of drug-likeness (QED) is 0.142. The lowest BCUT2D eigenvalue weighted by molar-refractivity contribution is 0.660. The SMILES string of the molecule is CC1(C)c2ccccc2-c2ccc(N(c3cc(-c4cccc5c4-c4ccccc4C54c5ccccc5-c5ccccc54)cc(N(c4ccc5c(c4)C(C)(C)c4ccccc4-5)c4ccccc4-c4ccccc4)c3)c3ccccc3-c3ccccc3)cc21. The standard InChI is InChI=1S/C85H62N2/c1-83(2)72-38-18-11-32-65(72)69-48-46-58(53-78(69)83)86(80-44-23-16-30-62(80)55-26-7-5-8-27-55)60-50-57(64-37-25-43-77-82(64)71-36-15-22-42-76(71)85(77)74-40-20-13-34-67(74)68-35-14-21-41-75(68)85)51-61(52-60)87(81-45-24-17-31-63(81)56-28-9-6-10-29-56)59-47-49-70-66-33-12-19-39-73(66)84(3,4)79(70)54-59/h5-54H,1-4H3. The molecular formula is C85H62N2. The van der Waals surface area contributed by atoms with E-state index in [0.717, 1.165) is 61.9 Å². The Morgan fingerprint density at radius 3 is 1.00 bits per heavy atom. The van der Waals surface area contributed by atoms with E-state index >= 15 is 0 Å². The number of benzene rings is 13.